The predicted molar refractivity (Wildman–Crippen MR) is 94.3 cm³/mol. The number of benzene rings is 1. The number of nitrogens with one attached hydrogen (secondary N) is 1. The number of ether oxygens (including phenoxy) is 1. The Balaban J connectivity index is 1.62. The van der Waals surface area contributed by atoms with Crippen molar-refractivity contribution >= 4 is 35.1 Å². The molecule has 0 radical (unpaired) electrons. The van der Waals surface area contributed by atoms with Gasteiger partial charge in [-0.3, -0.25) is 4.79 Å². The van der Waals surface area contributed by atoms with Crippen molar-refractivity contribution in [3.05, 3.63) is 47.6 Å². The zero-order valence-corrected chi connectivity index (χ0v) is 14.7. The maximum Gasteiger partial charge on any atom is 0.236 e. The van der Waals surface area contributed by atoms with Crippen molar-refractivity contribution in [3.8, 4) is 11.4 Å². The maximum atomic E-state index is 12.0. The Morgan fingerprint density at radius 1 is 1.28 bits per heavy atom. The van der Waals surface area contributed by atoms with Crippen LogP contribution in [0.25, 0.3) is 5.69 Å². The van der Waals surface area contributed by atoms with E-state index in [2.05, 4.69) is 25.8 Å². The molecule has 1 aromatic carbocycles. The van der Waals surface area contributed by atoms with Crippen LogP contribution in [0.4, 0.5) is 5.82 Å². The van der Waals surface area contributed by atoms with Crippen molar-refractivity contribution in [2.45, 2.75) is 5.16 Å². The van der Waals surface area contributed by atoms with Gasteiger partial charge in [-0.2, -0.15) is 4.68 Å². The third kappa shape index (κ3) is 4.46. The topological polar surface area (TPSA) is 94.8 Å². The lowest BCUT2D eigenvalue weighted by Gasteiger charge is -2.06. The van der Waals surface area contributed by atoms with E-state index < -0.39 is 0 Å². The summed E-state index contributed by atoms with van der Waals surface area (Å²) in [4.78, 5) is 16.0. The Hall–Kier alpha value is -2.65. The number of amides is 1. The number of nitrogens with zero attached hydrogens (tertiary/aromatic N) is 5. The van der Waals surface area contributed by atoms with Crippen molar-refractivity contribution in [1.82, 2.24) is 25.2 Å². The smallest absolute Gasteiger partial charge is 0.236 e. The van der Waals surface area contributed by atoms with Crippen LogP contribution in [0, 0.1) is 0 Å². The van der Waals surface area contributed by atoms with Crippen LogP contribution in [0.15, 0.2) is 47.8 Å². The van der Waals surface area contributed by atoms with Gasteiger partial charge in [0.1, 0.15) is 11.6 Å². The molecule has 2 aromatic heterocycles. The van der Waals surface area contributed by atoms with Crippen molar-refractivity contribution < 1.29 is 9.53 Å². The first-order chi connectivity index (χ1) is 12.2. The molecule has 2 heterocycles. The number of aromatic nitrogens is 5. The molecule has 1 N–H and O–H groups in total. The Labute approximate surface area is 152 Å². The summed E-state index contributed by atoms with van der Waals surface area (Å²) < 4.78 is 6.68. The van der Waals surface area contributed by atoms with E-state index in [4.69, 9.17) is 16.3 Å². The van der Waals surface area contributed by atoms with Gasteiger partial charge < -0.3 is 10.1 Å². The van der Waals surface area contributed by atoms with Gasteiger partial charge in [-0.05, 0) is 46.8 Å². The van der Waals surface area contributed by atoms with Gasteiger partial charge in [0.2, 0.25) is 11.1 Å². The molecular weight excluding hydrogens is 364 g/mol. The molecule has 10 heteroatoms. The van der Waals surface area contributed by atoms with Gasteiger partial charge in [0.15, 0.2) is 0 Å². The fourth-order valence-corrected chi connectivity index (χ4v) is 2.72. The minimum Gasteiger partial charge on any atom is -0.497 e. The predicted octanol–water partition coefficient (Wildman–Crippen LogP) is 2.45. The Morgan fingerprint density at radius 2 is 2.08 bits per heavy atom. The summed E-state index contributed by atoms with van der Waals surface area (Å²) in [5.41, 5.74) is 0.771. The zero-order valence-electron chi connectivity index (χ0n) is 13.1. The zero-order chi connectivity index (χ0) is 17.6. The van der Waals surface area contributed by atoms with Crippen molar-refractivity contribution in [2.75, 3.05) is 18.2 Å². The second-order valence-electron chi connectivity index (χ2n) is 4.77. The number of methoxy groups -OCH3 is 1. The summed E-state index contributed by atoms with van der Waals surface area (Å²) >= 11 is 6.98. The monoisotopic (exact) mass is 376 g/mol. The molecule has 8 nitrogen and oxygen atoms in total. The highest BCUT2D eigenvalue weighted by molar-refractivity contribution is 7.99. The minimum atomic E-state index is -0.218. The molecule has 0 aliphatic carbocycles. The van der Waals surface area contributed by atoms with Crippen LogP contribution in [0.5, 0.6) is 5.75 Å². The molecule has 1 amide bonds. The summed E-state index contributed by atoms with van der Waals surface area (Å²) in [5, 5.41) is 15.3. The van der Waals surface area contributed by atoms with E-state index in [0.29, 0.717) is 16.0 Å². The van der Waals surface area contributed by atoms with Gasteiger partial charge in [0.25, 0.3) is 0 Å². The SMILES string of the molecule is COc1ccc(-n2nnnc2SCC(=O)Nc2ccc(Cl)cn2)cc1. The van der Waals surface area contributed by atoms with Gasteiger partial charge in [-0.1, -0.05) is 23.4 Å². The molecule has 3 rings (SSSR count). The summed E-state index contributed by atoms with van der Waals surface area (Å²) in [6.45, 7) is 0. The summed E-state index contributed by atoms with van der Waals surface area (Å²) in [7, 11) is 1.60. The molecular formula is C15H13ClN6O2S. The molecule has 0 fully saturated rings. The Bertz CT molecular complexity index is 853. The van der Waals surface area contributed by atoms with Gasteiger partial charge in [0, 0.05) is 6.20 Å². The minimum absolute atomic E-state index is 0.140. The van der Waals surface area contributed by atoms with Gasteiger partial charge in [-0.25, -0.2) is 4.98 Å². The molecule has 25 heavy (non-hydrogen) atoms. The molecule has 0 atom stereocenters. The van der Waals surface area contributed by atoms with Crippen LogP contribution in [-0.2, 0) is 4.79 Å². The number of tetrazole rings is 1. The van der Waals surface area contributed by atoms with Crippen molar-refractivity contribution in [2.24, 2.45) is 0 Å². The standard InChI is InChI=1S/C15H13ClN6O2S/c1-24-12-5-3-11(4-6-12)22-15(19-20-21-22)25-9-14(23)18-13-7-2-10(16)8-17-13/h2-8H,9H2,1H3,(H,17,18,23). The maximum absolute atomic E-state index is 12.0. The lowest BCUT2D eigenvalue weighted by molar-refractivity contribution is -0.113. The van der Waals surface area contributed by atoms with E-state index in [9.17, 15) is 4.79 Å². The number of anilines is 1. The lowest BCUT2D eigenvalue weighted by Crippen LogP contribution is -2.15. The molecule has 128 valence electrons. The third-order valence-electron chi connectivity index (χ3n) is 3.09. The largest absolute Gasteiger partial charge is 0.497 e. The van der Waals surface area contributed by atoms with E-state index in [1.165, 1.54) is 18.0 Å². The Morgan fingerprint density at radius 3 is 2.76 bits per heavy atom. The second-order valence-corrected chi connectivity index (χ2v) is 6.15. The second kappa shape index (κ2) is 7.95. The van der Waals surface area contributed by atoms with E-state index in [-0.39, 0.29) is 11.7 Å². The highest BCUT2D eigenvalue weighted by Gasteiger charge is 2.12. The highest BCUT2D eigenvalue weighted by Crippen LogP contribution is 2.20. The summed E-state index contributed by atoms with van der Waals surface area (Å²) in [6, 6.07) is 10.6. The van der Waals surface area contributed by atoms with E-state index >= 15 is 0 Å². The van der Waals surface area contributed by atoms with E-state index in [1.54, 1.807) is 23.9 Å². The molecule has 3 aromatic rings. The van der Waals surface area contributed by atoms with Crippen molar-refractivity contribution in [3.63, 3.8) is 0 Å². The lowest BCUT2D eigenvalue weighted by atomic mass is 10.3. The molecule has 0 unspecified atom stereocenters. The molecule has 0 bridgehead atoms. The van der Waals surface area contributed by atoms with Crippen LogP contribution in [0.3, 0.4) is 0 Å². The molecule has 0 aliphatic heterocycles. The van der Waals surface area contributed by atoms with Crippen LogP contribution in [-0.4, -0.2) is 44.0 Å². The van der Waals surface area contributed by atoms with Crippen LogP contribution >= 0.6 is 23.4 Å². The molecule has 0 saturated heterocycles. The van der Waals surface area contributed by atoms with E-state index in [0.717, 1.165) is 11.4 Å². The molecule has 0 spiro atoms. The number of halogens is 1. The number of hydrogen-bond acceptors (Lipinski definition) is 7. The third-order valence-corrected chi connectivity index (χ3v) is 4.23. The van der Waals surface area contributed by atoms with Gasteiger partial charge >= 0.3 is 0 Å². The summed E-state index contributed by atoms with van der Waals surface area (Å²) in [6.07, 6.45) is 1.47. The molecule has 0 saturated carbocycles. The van der Waals surface area contributed by atoms with E-state index in [1.807, 2.05) is 24.3 Å². The van der Waals surface area contributed by atoms with Crippen LogP contribution < -0.4 is 10.1 Å². The average Bonchev–Trinajstić information content (AvgIpc) is 3.10. The summed E-state index contributed by atoms with van der Waals surface area (Å²) in [5.74, 6) is 1.09. The number of thioether (sulfide) groups is 1. The number of carbonyl (C=O) groups excluding carboxylic acids is 1. The first-order valence-electron chi connectivity index (χ1n) is 7.13. The Kier molecular flexibility index (Phi) is 5.46. The average molecular weight is 377 g/mol. The van der Waals surface area contributed by atoms with Crippen LogP contribution in [0.1, 0.15) is 0 Å². The normalized spacial score (nSPS) is 10.5. The number of hydrogen-bond donors (Lipinski definition) is 1. The number of pyridine rings is 1. The quantitative estimate of drug-likeness (QED) is 0.660. The number of carbonyl (C=O) groups is 1. The highest BCUT2D eigenvalue weighted by atomic mass is 35.5. The first kappa shape index (κ1) is 17.2. The van der Waals surface area contributed by atoms with Crippen molar-refractivity contribution in [1.29, 1.82) is 0 Å². The van der Waals surface area contributed by atoms with Gasteiger partial charge in [0.05, 0.1) is 23.6 Å². The molecule has 0 aliphatic rings. The first-order valence-corrected chi connectivity index (χ1v) is 8.49. The fraction of sp³-hybridized carbons (Fsp3) is 0.133. The van der Waals surface area contributed by atoms with Crippen LogP contribution in [0.2, 0.25) is 5.02 Å². The fourth-order valence-electron chi connectivity index (χ4n) is 1.91. The van der Waals surface area contributed by atoms with Gasteiger partial charge in [-0.15, -0.1) is 5.10 Å². The number of rotatable bonds is 6.